The molecule has 30 heavy (non-hydrogen) atoms. The van der Waals surface area contributed by atoms with Crippen LogP contribution < -0.4 is 29.0 Å². The number of fused-ring (bicyclic) bond motifs is 1. The zero-order valence-electron chi connectivity index (χ0n) is 17.0. The summed E-state index contributed by atoms with van der Waals surface area (Å²) >= 11 is 0. The van der Waals surface area contributed by atoms with Crippen molar-refractivity contribution in [3.05, 3.63) is 35.9 Å². The standard InChI is InChI=1S/C21H23NO8/c1-25-17-8-13(9-18(26-2)21(17)27-3)10-20(24)30-12-19(23)22-14-4-5-15-16(11-14)29-7-6-28-15/h4-5,8-9,11H,6-7,10,12H2,1-3H3,(H,22,23). The highest BCUT2D eigenvalue weighted by Gasteiger charge is 2.17. The topological polar surface area (TPSA) is 102 Å². The maximum atomic E-state index is 12.2. The average molecular weight is 417 g/mol. The highest BCUT2D eigenvalue weighted by atomic mass is 16.6. The number of esters is 1. The number of rotatable bonds is 8. The highest BCUT2D eigenvalue weighted by molar-refractivity contribution is 5.93. The fraction of sp³-hybridized carbons (Fsp3) is 0.333. The van der Waals surface area contributed by atoms with Gasteiger partial charge in [0.25, 0.3) is 5.91 Å². The molecule has 0 spiro atoms. The van der Waals surface area contributed by atoms with Gasteiger partial charge in [-0.25, -0.2) is 0 Å². The predicted molar refractivity (Wildman–Crippen MR) is 107 cm³/mol. The van der Waals surface area contributed by atoms with E-state index in [2.05, 4.69) is 5.32 Å². The van der Waals surface area contributed by atoms with Gasteiger partial charge in [-0.1, -0.05) is 0 Å². The molecule has 0 fully saturated rings. The molecule has 3 rings (SSSR count). The van der Waals surface area contributed by atoms with Crippen molar-refractivity contribution < 1.29 is 38.0 Å². The van der Waals surface area contributed by atoms with E-state index in [0.29, 0.717) is 53.2 Å². The molecule has 1 amide bonds. The summed E-state index contributed by atoms with van der Waals surface area (Å²) in [5, 5.41) is 2.65. The molecule has 160 valence electrons. The summed E-state index contributed by atoms with van der Waals surface area (Å²) in [6.07, 6.45) is -0.0615. The summed E-state index contributed by atoms with van der Waals surface area (Å²) in [6.45, 7) is 0.515. The SMILES string of the molecule is COc1cc(CC(=O)OCC(=O)Nc2ccc3c(c2)OCCO3)cc(OC)c1OC. The summed E-state index contributed by atoms with van der Waals surface area (Å²) in [5.41, 5.74) is 1.12. The van der Waals surface area contributed by atoms with Crippen molar-refractivity contribution in [2.75, 3.05) is 46.5 Å². The number of methoxy groups -OCH3 is 3. The van der Waals surface area contributed by atoms with Crippen LogP contribution in [0.1, 0.15) is 5.56 Å². The molecule has 1 aliphatic heterocycles. The third kappa shape index (κ3) is 5.05. The second-order valence-corrected chi connectivity index (χ2v) is 6.28. The smallest absolute Gasteiger partial charge is 0.310 e. The first-order valence-electron chi connectivity index (χ1n) is 9.18. The van der Waals surface area contributed by atoms with Crippen molar-refractivity contribution in [1.82, 2.24) is 0 Å². The number of hydrogen-bond donors (Lipinski definition) is 1. The van der Waals surface area contributed by atoms with Gasteiger partial charge in [0, 0.05) is 11.8 Å². The number of nitrogens with one attached hydrogen (secondary N) is 1. The van der Waals surface area contributed by atoms with Gasteiger partial charge in [-0.15, -0.1) is 0 Å². The molecule has 1 heterocycles. The maximum Gasteiger partial charge on any atom is 0.310 e. The summed E-state index contributed by atoms with van der Waals surface area (Å²) < 4.78 is 31.8. The lowest BCUT2D eigenvalue weighted by Gasteiger charge is -2.19. The van der Waals surface area contributed by atoms with Gasteiger partial charge in [0.1, 0.15) is 13.2 Å². The molecule has 1 N–H and O–H groups in total. The second kappa shape index (κ2) is 9.73. The van der Waals surface area contributed by atoms with Crippen LogP contribution in [0.25, 0.3) is 0 Å². The Balaban J connectivity index is 1.55. The third-order valence-corrected chi connectivity index (χ3v) is 4.26. The lowest BCUT2D eigenvalue weighted by Crippen LogP contribution is -2.22. The summed E-state index contributed by atoms with van der Waals surface area (Å²) in [7, 11) is 4.47. The highest BCUT2D eigenvalue weighted by Crippen LogP contribution is 2.38. The van der Waals surface area contributed by atoms with E-state index in [1.807, 2.05) is 0 Å². The van der Waals surface area contributed by atoms with Gasteiger partial charge < -0.3 is 33.7 Å². The molecule has 9 nitrogen and oxygen atoms in total. The van der Waals surface area contributed by atoms with Crippen LogP contribution in [0.15, 0.2) is 30.3 Å². The molecule has 2 aromatic carbocycles. The Morgan fingerprint density at radius 2 is 1.60 bits per heavy atom. The first-order chi connectivity index (χ1) is 14.5. The second-order valence-electron chi connectivity index (χ2n) is 6.28. The van der Waals surface area contributed by atoms with E-state index < -0.39 is 18.5 Å². The van der Waals surface area contributed by atoms with Gasteiger partial charge in [0.15, 0.2) is 29.6 Å². The molecule has 9 heteroatoms. The minimum absolute atomic E-state index is 0.0615. The number of carbonyl (C=O) groups is 2. The Hall–Kier alpha value is -3.62. The van der Waals surface area contributed by atoms with Gasteiger partial charge in [0.2, 0.25) is 5.75 Å². The van der Waals surface area contributed by atoms with Gasteiger partial charge >= 0.3 is 5.97 Å². The fourth-order valence-electron chi connectivity index (χ4n) is 2.92. The number of amides is 1. The summed E-state index contributed by atoms with van der Waals surface area (Å²) in [6, 6.07) is 8.35. The lowest BCUT2D eigenvalue weighted by molar-refractivity contribution is -0.146. The van der Waals surface area contributed by atoms with Gasteiger partial charge in [-0.05, 0) is 29.8 Å². The molecular formula is C21H23NO8. The molecule has 1 aliphatic rings. The summed E-state index contributed by atoms with van der Waals surface area (Å²) in [5.74, 6) is 1.42. The van der Waals surface area contributed by atoms with Crippen molar-refractivity contribution in [2.45, 2.75) is 6.42 Å². The van der Waals surface area contributed by atoms with E-state index in [-0.39, 0.29) is 6.42 Å². The molecule has 0 aliphatic carbocycles. The number of ether oxygens (including phenoxy) is 6. The number of hydrogen-bond acceptors (Lipinski definition) is 8. The average Bonchev–Trinajstić information content (AvgIpc) is 2.76. The van der Waals surface area contributed by atoms with Gasteiger partial charge in [-0.2, -0.15) is 0 Å². The van der Waals surface area contributed by atoms with Crippen LogP contribution in [0.5, 0.6) is 28.7 Å². The van der Waals surface area contributed by atoms with Crippen LogP contribution in [0.2, 0.25) is 0 Å². The quantitative estimate of drug-likeness (QED) is 0.653. The van der Waals surface area contributed by atoms with Gasteiger partial charge in [-0.3, -0.25) is 9.59 Å². The van der Waals surface area contributed by atoms with Crippen LogP contribution in [0.4, 0.5) is 5.69 Å². The fourth-order valence-corrected chi connectivity index (χ4v) is 2.92. The van der Waals surface area contributed by atoms with Crippen molar-refractivity contribution in [1.29, 1.82) is 0 Å². The number of carbonyl (C=O) groups excluding carboxylic acids is 2. The Labute approximate surface area is 173 Å². The Bertz CT molecular complexity index is 902. The Morgan fingerprint density at radius 3 is 2.23 bits per heavy atom. The minimum Gasteiger partial charge on any atom is -0.493 e. The Morgan fingerprint density at radius 1 is 0.933 bits per heavy atom. The lowest BCUT2D eigenvalue weighted by atomic mass is 10.1. The zero-order valence-corrected chi connectivity index (χ0v) is 17.0. The number of anilines is 1. The molecular weight excluding hydrogens is 394 g/mol. The summed E-state index contributed by atoms with van der Waals surface area (Å²) in [4.78, 5) is 24.3. The van der Waals surface area contributed by atoms with Crippen LogP contribution in [0.3, 0.4) is 0 Å². The van der Waals surface area contributed by atoms with E-state index in [9.17, 15) is 9.59 Å². The van der Waals surface area contributed by atoms with Crippen molar-refractivity contribution in [2.24, 2.45) is 0 Å². The van der Waals surface area contributed by atoms with E-state index in [4.69, 9.17) is 28.4 Å². The zero-order chi connectivity index (χ0) is 21.5. The predicted octanol–water partition coefficient (Wildman–Crippen LogP) is 2.21. The number of benzene rings is 2. The molecule has 0 saturated carbocycles. The molecule has 0 unspecified atom stereocenters. The van der Waals surface area contributed by atoms with Crippen LogP contribution in [-0.2, 0) is 20.7 Å². The van der Waals surface area contributed by atoms with Crippen LogP contribution in [-0.4, -0.2) is 53.0 Å². The molecule has 0 atom stereocenters. The monoisotopic (exact) mass is 417 g/mol. The molecule has 0 saturated heterocycles. The molecule has 0 aromatic heterocycles. The third-order valence-electron chi connectivity index (χ3n) is 4.26. The van der Waals surface area contributed by atoms with Gasteiger partial charge in [0.05, 0.1) is 27.8 Å². The molecule has 0 radical (unpaired) electrons. The first-order valence-corrected chi connectivity index (χ1v) is 9.18. The van der Waals surface area contributed by atoms with E-state index >= 15 is 0 Å². The van der Waals surface area contributed by atoms with Crippen LogP contribution >= 0.6 is 0 Å². The van der Waals surface area contributed by atoms with E-state index in [1.165, 1.54) is 21.3 Å². The first kappa shape index (κ1) is 21.1. The normalized spacial score (nSPS) is 12.0. The molecule has 2 aromatic rings. The van der Waals surface area contributed by atoms with Crippen molar-refractivity contribution in [3.63, 3.8) is 0 Å². The Kier molecular flexibility index (Phi) is 6.84. The largest absolute Gasteiger partial charge is 0.493 e. The minimum atomic E-state index is -0.568. The van der Waals surface area contributed by atoms with E-state index in [1.54, 1.807) is 30.3 Å². The molecule has 0 bridgehead atoms. The van der Waals surface area contributed by atoms with Crippen LogP contribution in [0, 0.1) is 0 Å². The van der Waals surface area contributed by atoms with Crippen molar-refractivity contribution in [3.8, 4) is 28.7 Å². The van der Waals surface area contributed by atoms with E-state index in [0.717, 1.165) is 0 Å². The van der Waals surface area contributed by atoms with Crippen molar-refractivity contribution >= 4 is 17.6 Å². The maximum absolute atomic E-state index is 12.2.